The molecule has 4 unspecified atom stereocenters. The summed E-state index contributed by atoms with van der Waals surface area (Å²) in [4.78, 5) is 16.8. The van der Waals surface area contributed by atoms with E-state index in [1.54, 1.807) is 0 Å². The summed E-state index contributed by atoms with van der Waals surface area (Å²) in [6.45, 7) is 4.06. The van der Waals surface area contributed by atoms with Crippen LogP contribution in [-0.4, -0.2) is 37.0 Å². The summed E-state index contributed by atoms with van der Waals surface area (Å²) in [5.41, 5.74) is 0. The Morgan fingerprint density at radius 3 is 2.42 bits per heavy atom. The van der Waals surface area contributed by atoms with Gasteiger partial charge in [-0.05, 0) is 51.4 Å². The van der Waals surface area contributed by atoms with Crippen LogP contribution in [0.3, 0.4) is 0 Å². The summed E-state index contributed by atoms with van der Waals surface area (Å²) in [7, 11) is 1.86. The minimum absolute atomic E-state index is 0.137. The molecule has 3 rings (SSSR count). The van der Waals surface area contributed by atoms with Crippen LogP contribution < -0.4 is 16.0 Å². The molecule has 26 heavy (non-hydrogen) atoms. The summed E-state index contributed by atoms with van der Waals surface area (Å²) in [6, 6.07) is 1.18. The Morgan fingerprint density at radius 2 is 1.73 bits per heavy atom. The molecule has 1 amide bonds. The molecular weight excluding hydrogens is 324 g/mol. The normalized spacial score (nSPS) is 33.0. The smallest absolute Gasteiger partial charge is 0.223 e. The van der Waals surface area contributed by atoms with Gasteiger partial charge in [0.2, 0.25) is 5.91 Å². The molecule has 148 valence electrons. The minimum Gasteiger partial charge on any atom is -0.354 e. The molecule has 4 atom stereocenters. The van der Waals surface area contributed by atoms with Crippen LogP contribution in [0.4, 0.5) is 0 Å². The van der Waals surface area contributed by atoms with E-state index in [0.29, 0.717) is 12.1 Å². The first-order valence-corrected chi connectivity index (χ1v) is 10.9. The van der Waals surface area contributed by atoms with Crippen molar-refractivity contribution in [1.82, 2.24) is 16.0 Å². The van der Waals surface area contributed by atoms with Crippen molar-refractivity contribution in [3.63, 3.8) is 0 Å². The number of carbonyl (C=O) groups is 1. The van der Waals surface area contributed by atoms with Gasteiger partial charge >= 0.3 is 0 Å². The molecule has 0 aliphatic heterocycles. The topological polar surface area (TPSA) is 65.5 Å². The second-order valence-electron chi connectivity index (χ2n) is 8.99. The van der Waals surface area contributed by atoms with Gasteiger partial charge in [0, 0.05) is 31.1 Å². The van der Waals surface area contributed by atoms with Crippen LogP contribution in [0.25, 0.3) is 0 Å². The lowest BCUT2D eigenvalue weighted by atomic mass is 9.85. The molecule has 3 N–H and O–H groups in total. The first-order valence-electron chi connectivity index (χ1n) is 10.9. The minimum atomic E-state index is 0.137. The maximum absolute atomic E-state index is 12.3. The van der Waals surface area contributed by atoms with Gasteiger partial charge in [0.1, 0.15) is 0 Å². The predicted molar refractivity (Wildman–Crippen MR) is 107 cm³/mol. The number of aliphatic imine (C=N–C) groups is 1. The van der Waals surface area contributed by atoms with Crippen molar-refractivity contribution in [2.75, 3.05) is 7.05 Å². The second-order valence-corrected chi connectivity index (χ2v) is 8.99. The Balaban J connectivity index is 1.44. The Hall–Kier alpha value is -1.26. The summed E-state index contributed by atoms with van der Waals surface area (Å²) in [5.74, 6) is 3.07. The second kappa shape index (κ2) is 9.09. The first kappa shape index (κ1) is 19.5. The molecule has 5 nitrogen and oxygen atoms in total. The average Bonchev–Trinajstić information content (AvgIpc) is 3.41. The Bertz CT molecular complexity index is 498. The number of guanidine groups is 1. The zero-order valence-electron chi connectivity index (χ0n) is 16.9. The van der Waals surface area contributed by atoms with Gasteiger partial charge in [-0.2, -0.15) is 0 Å². The van der Waals surface area contributed by atoms with Crippen LogP contribution in [0.1, 0.15) is 78.1 Å². The fourth-order valence-electron chi connectivity index (χ4n) is 4.97. The quantitative estimate of drug-likeness (QED) is 0.520. The summed E-state index contributed by atoms with van der Waals surface area (Å²) < 4.78 is 0. The van der Waals surface area contributed by atoms with Crippen LogP contribution in [0, 0.1) is 17.8 Å². The molecule has 0 heterocycles. The highest BCUT2D eigenvalue weighted by atomic mass is 16.1. The van der Waals surface area contributed by atoms with Crippen molar-refractivity contribution >= 4 is 11.9 Å². The van der Waals surface area contributed by atoms with Crippen molar-refractivity contribution in [3.8, 4) is 0 Å². The van der Waals surface area contributed by atoms with Gasteiger partial charge in [-0.1, -0.05) is 38.5 Å². The monoisotopic (exact) mass is 362 g/mol. The average molecular weight is 363 g/mol. The van der Waals surface area contributed by atoms with Crippen molar-refractivity contribution < 1.29 is 4.79 Å². The largest absolute Gasteiger partial charge is 0.354 e. The number of nitrogens with one attached hydrogen (secondary N) is 3. The lowest BCUT2D eigenvalue weighted by Crippen LogP contribution is -2.48. The van der Waals surface area contributed by atoms with Crippen LogP contribution >= 0.6 is 0 Å². The van der Waals surface area contributed by atoms with E-state index in [0.717, 1.165) is 43.5 Å². The number of rotatable bonds is 5. The van der Waals surface area contributed by atoms with Gasteiger partial charge in [0.25, 0.3) is 0 Å². The lowest BCUT2D eigenvalue weighted by Gasteiger charge is -2.30. The van der Waals surface area contributed by atoms with Gasteiger partial charge in [-0.3, -0.25) is 9.79 Å². The molecule has 5 heteroatoms. The third kappa shape index (κ3) is 5.37. The number of amides is 1. The number of hydrogen-bond donors (Lipinski definition) is 3. The molecule has 0 aromatic carbocycles. The zero-order chi connectivity index (χ0) is 18.5. The highest BCUT2D eigenvalue weighted by Crippen LogP contribution is 2.44. The Labute approximate surface area is 159 Å². The van der Waals surface area contributed by atoms with E-state index in [1.165, 1.54) is 38.5 Å². The van der Waals surface area contributed by atoms with Gasteiger partial charge in [0.15, 0.2) is 5.96 Å². The van der Waals surface area contributed by atoms with E-state index in [2.05, 4.69) is 20.9 Å². The van der Waals surface area contributed by atoms with Crippen molar-refractivity contribution in [2.45, 2.75) is 96.2 Å². The van der Waals surface area contributed by atoms with Gasteiger partial charge in [-0.25, -0.2) is 0 Å². The molecule has 3 aliphatic carbocycles. The van der Waals surface area contributed by atoms with Gasteiger partial charge in [-0.15, -0.1) is 0 Å². The third-order valence-corrected chi connectivity index (χ3v) is 6.46. The highest BCUT2D eigenvalue weighted by Gasteiger charge is 2.43. The van der Waals surface area contributed by atoms with E-state index in [-0.39, 0.29) is 17.9 Å². The Kier molecular flexibility index (Phi) is 6.82. The molecule has 3 saturated carbocycles. The van der Waals surface area contributed by atoms with Gasteiger partial charge in [0.05, 0.1) is 0 Å². The summed E-state index contributed by atoms with van der Waals surface area (Å²) >= 11 is 0. The van der Waals surface area contributed by atoms with E-state index in [9.17, 15) is 4.79 Å². The highest BCUT2D eigenvalue weighted by molar-refractivity contribution is 5.81. The van der Waals surface area contributed by atoms with E-state index >= 15 is 0 Å². The molecule has 0 aromatic heterocycles. The van der Waals surface area contributed by atoms with Crippen LogP contribution in [0.15, 0.2) is 4.99 Å². The molecule has 0 saturated heterocycles. The lowest BCUT2D eigenvalue weighted by molar-refractivity contribution is -0.126. The van der Waals surface area contributed by atoms with E-state index in [1.807, 2.05) is 20.9 Å². The molecule has 0 bridgehead atoms. The zero-order valence-corrected chi connectivity index (χ0v) is 16.9. The van der Waals surface area contributed by atoms with E-state index < -0.39 is 0 Å². The maximum Gasteiger partial charge on any atom is 0.223 e. The fourth-order valence-corrected chi connectivity index (χ4v) is 4.97. The van der Waals surface area contributed by atoms with Crippen LogP contribution in [-0.2, 0) is 4.79 Å². The van der Waals surface area contributed by atoms with E-state index in [4.69, 9.17) is 0 Å². The third-order valence-electron chi connectivity index (χ3n) is 6.46. The standard InChI is InChI=1S/C21H38N4O/c1-14(2)23-20(26)16-10-7-11-17(12-16)24-21(22-3)25-19-13-18(19)15-8-5-4-6-9-15/h14-19H,4-13H2,1-3H3,(H,23,26)(H2,22,24,25). The first-order chi connectivity index (χ1) is 12.6. The van der Waals surface area contributed by atoms with Gasteiger partial charge < -0.3 is 16.0 Å². The number of nitrogens with zero attached hydrogens (tertiary/aromatic N) is 1. The number of hydrogen-bond acceptors (Lipinski definition) is 2. The maximum atomic E-state index is 12.3. The molecule has 3 aliphatic rings. The Morgan fingerprint density at radius 1 is 0.962 bits per heavy atom. The molecule has 0 spiro atoms. The SMILES string of the molecule is CN=C(NC1CCCC(C(=O)NC(C)C)C1)NC1CC1C1CCCCC1. The summed E-state index contributed by atoms with van der Waals surface area (Å²) in [5, 5.41) is 10.3. The number of carbonyl (C=O) groups excluding carboxylic acids is 1. The fraction of sp³-hybridized carbons (Fsp3) is 0.905. The molecule has 3 fully saturated rings. The molecule has 0 aromatic rings. The predicted octanol–water partition coefficient (Wildman–Crippen LogP) is 3.20. The van der Waals surface area contributed by atoms with Crippen molar-refractivity contribution in [1.29, 1.82) is 0 Å². The van der Waals surface area contributed by atoms with Crippen molar-refractivity contribution in [3.05, 3.63) is 0 Å². The van der Waals surface area contributed by atoms with Crippen molar-refractivity contribution in [2.24, 2.45) is 22.7 Å². The molecular formula is C21H38N4O. The summed E-state index contributed by atoms with van der Waals surface area (Å²) in [6.07, 6.45) is 12.6. The van der Waals surface area contributed by atoms with Crippen LogP contribution in [0.5, 0.6) is 0 Å². The van der Waals surface area contributed by atoms with Crippen LogP contribution in [0.2, 0.25) is 0 Å². The molecule has 0 radical (unpaired) electrons.